The number of aromatic nitrogens is 3. The smallest absolute Gasteiger partial charge is 0.340 e. The van der Waals surface area contributed by atoms with Gasteiger partial charge < -0.3 is 14.8 Å². The van der Waals surface area contributed by atoms with Gasteiger partial charge in [0.15, 0.2) is 5.82 Å². The molecule has 0 amide bonds. The van der Waals surface area contributed by atoms with Crippen molar-refractivity contribution in [1.29, 1.82) is 0 Å². The Morgan fingerprint density at radius 2 is 2.33 bits per heavy atom. The molecule has 27 heavy (non-hydrogen) atoms. The minimum absolute atomic E-state index is 0.0926. The fourth-order valence-electron chi connectivity index (χ4n) is 3.27. The van der Waals surface area contributed by atoms with Crippen molar-refractivity contribution in [1.82, 2.24) is 14.8 Å². The van der Waals surface area contributed by atoms with Crippen molar-refractivity contribution < 1.29 is 18.7 Å². The van der Waals surface area contributed by atoms with Gasteiger partial charge in [0.1, 0.15) is 5.82 Å². The molecule has 8 heteroatoms. The van der Waals surface area contributed by atoms with E-state index < -0.39 is 5.97 Å². The molecule has 1 aliphatic heterocycles. The quantitative estimate of drug-likeness (QED) is 0.695. The highest BCUT2D eigenvalue weighted by atomic mass is 19.1. The van der Waals surface area contributed by atoms with Crippen LogP contribution < -0.4 is 5.32 Å². The van der Waals surface area contributed by atoms with Crippen LogP contribution in [0.1, 0.15) is 23.2 Å². The molecule has 1 aromatic carbocycles. The van der Waals surface area contributed by atoms with E-state index in [1.807, 2.05) is 0 Å². The van der Waals surface area contributed by atoms with Crippen molar-refractivity contribution in [2.75, 3.05) is 19.0 Å². The number of anilines is 2. The molecule has 1 aliphatic rings. The molecule has 1 N–H and O–H groups in total. The number of carbonyl (C=O) groups excluding carboxylic acids is 1. The van der Waals surface area contributed by atoms with Crippen LogP contribution in [-0.4, -0.2) is 40.6 Å². The van der Waals surface area contributed by atoms with Gasteiger partial charge in [-0.1, -0.05) is 0 Å². The second kappa shape index (κ2) is 7.32. The van der Waals surface area contributed by atoms with Gasteiger partial charge in [0.25, 0.3) is 0 Å². The van der Waals surface area contributed by atoms with Gasteiger partial charge in [-0.2, -0.15) is 5.10 Å². The highest BCUT2D eigenvalue weighted by molar-refractivity contribution is 5.98. The van der Waals surface area contributed by atoms with Gasteiger partial charge in [0, 0.05) is 18.2 Å². The van der Waals surface area contributed by atoms with Crippen LogP contribution in [0, 0.1) is 5.82 Å². The molecule has 1 saturated heterocycles. The molecule has 0 bridgehead atoms. The monoisotopic (exact) mass is 370 g/mol. The van der Waals surface area contributed by atoms with E-state index in [0.717, 1.165) is 25.0 Å². The Hall–Kier alpha value is -3.00. The molecule has 0 spiro atoms. The molecule has 1 fully saturated rings. The summed E-state index contributed by atoms with van der Waals surface area (Å²) in [5.74, 6) is -0.406. The number of halogens is 1. The van der Waals surface area contributed by atoms with Crippen molar-refractivity contribution in [2.45, 2.75) is 25.5 Å². The van der Waals surface area contributed by atoms with Gasteiger partial charge in [-0.25, -0.2) is 9.18 Å². The number of nitrogens with zero attached hydrogens (tertiary/aromatic N) is 3. The first-order chi connectivity index (χ1) is 13.2. The molecule has 0 radical (unpaired) electrons. The maximum Gasteiger partial charge on any atom is 0.340 e. The van der Waals surface area contributed by atoms with E-state index in [4.69, 9.17) is 9.47 Å². The summed E-state index contributed by atoms with van der Waals surface area (Å²) in [7, 11) is 1.31. The van der Waals surface area contributed by atoms with Crippen molar-refractivity contribution in [3.8, 4) is 0 Å². The van der Waals surface area contributed by atoms with E-state index in [0.29, 0.717) is 29.0 Å². The molecular weight excluding hydrogens is 351 g/mol. The molecular formula is C19H19FN4O3. The molecule has 4 rings (SSSR count). The number of esters is 1. The summed E-state index contributed by atoms with van der Waals surface area (Å²) in [6.45, 7) is 1.34. The highest BCUT2D eigenvalue weighted by Gasteiger charge is 2.20. The summed E-state index contributed by atoms with van der Waals surface area (Å²) in [6.07, 6.45) is 5.11. The molecule has 1 atom stereocenters. The van der Waals surface area contributed by atoms with Gasteiger partial charge in [-0.05, 0) is 37.1 Å². The Morgan fingerprint density at radius 1 is 1.44 bits per heavy atom. The summed E-state index contributed by atoms with van der Waals surface area (Å²) in [5, 5.41) is 8.31. The van der Waals surface area contributed by atoms with E-state index in [9.17, 15) is 9.18 Å². The van der Waals surface area contributed by atoms with Gasteiger partial charge in [-0.15, -0.1) is 0 Å². The van der Waals surface area contributed by atoms with Crippen molar-refractivity contribution in [3.05, 3.63) is 48.0 Å². The molecule has 7 nitrogen and oxygen atoms in total. The van der Waals surface area contributed by atoms with E-state index in [1.165, 1.54) is 31.6 Å². The SMILES string of the molecule is COC(=O)c1ccncc1Nc1nn(CC2CCCO2)c2ccc(F)cc12. The fraction of sp³-hybridized carbons (Fsp3) is 0.316. The predicted molar refractivity (Wildman–Crippen MR) is 97.5 cm³/mol. The number of hydrogen-bond donors (Lipinski definition) is 1. The van der Waals surface area contributed by atoms with Crippen molar-refractivity contribution in [3.63, 3.8) is 0 Å². The van der Waals surface area contributed by atoms with Crippen LogP contribution in [0.25, 0.3) is 10.9 Å². The molecule has 2 aromatic heterocycles. The van der Waals surface area contributed by atoms with Crippen molar-refractivity contribution in [2.24, 2.45) is 0 Å². The maximum absolute atomic E-state index is 13.9. The molecule has 0 saturated carbocycles. The van der Waals surface area contributed by atoms with Crippen LogP contribution in [0.5, 0.6) is 0 Å². The Labute approximate surface area is 155 Å². The first kappa shape index (κ1) is 17.4. The minimum atomic E-state index is -0.492. The topological polar surface area (TPSA) is 78.3 Å². The van der Waals surface area contributed by atoms with Crippen LogP contribution >= 0.6 is 0 Å². The number of nitrogens with one attached hydrogen (secondary N) is 1. The maximum atomic E-state index is 13.9. The van der Waals surface area contributed by atoms with Gasteiger partial charge in [0.05, 0.1) is 42.7 Å². The Balaban J connectivity index is 1.73. The number of rotatable bonds is 5. The summed E-state index contributed by atoms with van der Waals surface area (Å²) < 4.78 is 26.2. The number of ether oxygens (including phenoxy) is 2. The lowest BCUT2D eigenvalue weighted by molar-refractivity contribution is 0.0601. The Morgan fingerprint density at radius 3 is 3.11 bits per heavy atom. The van der Waals surface area contributed by atoms with Crippen LogP contribution in [0.2, 0.25) is 0 Å². The number of carbonyl (C=O) groups is 1. The zero-order chi connectivity index (χ0) is 18.8. The summed E-state index contributed by atoms with van der Waals surface area (Å²) in [5.41, 5.74) is 1.56. The van der Waals surface area contributed by atoms with E-state index in [2.05, 4.69) is 15.4 Å². The molecule has 3 aromatic rings. The summed E-state index contributed by atoms with van der Waals surface area (Å²) >= 11 is 0. The van der Waals surface area contributed by atoms with Gasteiger partial charge in [0.2, 0.25) is 0 Å². The van der Waals surface area contributed by atoms with Crippen molar-refractivity contribution >= 4 is 28.4 Å². The second-order valence-corrected chi connectivity index (χ2v) is 6.37. The largest absolute Gasteiger partial charge is 0.465 e. The third-order valence-corrected chi connectivity index (χ3v) is 4.59. The fourth-order valence-corrected chi connectivity index (χ4v) is 3.27. The molecule has 140 valence electrons. The number of fused-ring (bicyclic) bond motifs is 1. The Bertz CT molecular complexity index is 982. The zero-order valence-corrected chi connectivity index (χ0v) is 14.8. The average Bonchev–Trinajstić information content (AvgIpc) is 3.30. The third kappa shape index (κ3) is 3.48. The van der Waals surface area contributed by atoms with Gasteiger partial charge >= 0.3 is 5.97 Å². The standard InChI is InChI=1S/C19H19FN4O3/c1-26-19(25)14-6-7-21-10-16(14)22-18-15-9-12(20)4-5-17(15)24(23-18)11-13-3-2-8-27-13/h4-7,9-10,13H,2-3,8,11H2,1H3,(H,22,23). The van der Waals surface area contributed by atoms with Crippen LogP contribution in [0.3, 0.4) is 0 Å². The molecule has 0 aliphatic carbocycles. The average molecular weight is 370 g/mol. The lowest BCUT2D eigenvalue weighted by atomic mass is 10.2. The molecule has 3 heterocycles. The van der Waals surface area contributed by atoms with E-state index in [1.54, 1.807) is 16.8 Å². The summed E-state index contributed by atoms with van der Waals surface area (Å²) in [6, 6.07) is 6.08. The zero-order valence-electron chi connectivity index (χ0n) is 14.8. The number of pyridine rings is 1. The number of methoxy groups -OCH3 is 1. The second-order valence-electron chi connectivity index (χ2n) is 6.37. The first-order valence-corrected chi connectivity index (χ1v) is 8.72. The lowest BCUT2D eigenvalue weighted by Gasteiger charge is -2.10. The predicted octanol–water partition coefficient (Wildman–Crippen LogP) is 3.28. The van der Waals surface area contributed by atoms with Crippen LogP contribution in [0.4, 0.5) is 15.9 Å². The first-order valence-electron chi connectivity index (χ1n) is 8.72. The molecule has 1 unspecified atom stereocenters. The highest BCUT2D eigenvalue weighted by Crippen LogP contribution is 2.29. The third-order valence-electron chi connectivity index (χ3n) is 4.59. The van der Waals surface area contributed by atoms with E-state index >= 15 is 0 Å². The Kier molecular flexibility index (Phi) is 4.72. The van der Waals surface area contributed by atoms with Gasteiger partial charge in [-0.3, -0.25) is 9.67 Å². The van der Waals surface area contributed by atoms with Crippen LogP contribution in [0.15, 0.2) is 36.7 Å². The normalized spacial score (nSPS) is 16.6. The van der Waals surface area contributed by atoms with E-state index in [-0.39, 0.29) is 11.9 Å². The number of benzene rings is 1. The van der Waals surface area contributed by atoms with Crippen LogP contribution in [-0.2, 0) is 16.0 Å². The number of hydrogen-bond acceptors (Lipinski definition) is 6. The summed E-state index contributed by atoms with van der Waals surface area (Å²) in [4.78, 5) is 16.0. The minimum Gasteiger partial charge on any atom is -0.465 e. The lowest BCUT2D eigenvalue weighted by Crippen LogP contribution is -2.16.